The Labute approximate surface area is 62.2 Å². The second-order valence-corrected chi connectivity index (χ2v) is 1.68. The van der Waals surface area contributed by atoms with Crippen molar-refractivity contribution in [3.05, 3.63) is 12.2 Å². The molecule has 0 bridgehead atoms. The third-order valence-corrected chi connectivity index (χ3v) is 0.830. The number of allylic oxidation sites excluding steroid dienone is 1. The highest BCUT2D eigenvalue weighted by Gasteiger charge is 1.88. The standard InChI is InChI=1S/C6H13NO.ClH/c1-2-3-4-6(7)5-8;/h3-4,6,8H,2,5,7H2,1H3;1H/b4-3-;. The number of nitrogens with two attached hydrogens (primary N) is 1. The van der Waals surface area contributed by atoms with Crippen LogP contribution >= 0.6 is 12.4 Å². The number of hydrogen-bond donors (Lipinski definition) is 2. The van der Waals surface area contributed by atoms with Crippen molar-refractivity contribution in [1.82, 2.24) is 0 Å². The van der Waals surface area contributed by atoms with E-state index in [9.17, 15) is 0 Å². The molecule has 1 atom stereocenters. The van der Waals surface area contributed by atoms with Crippen LogP contribution in [0.25, 0.3) is 0 Å². The van der Waals surface area contributed by atoms with E-state index in [1.807, 2.05) is 13.0 Å². The normalized spacial score (nSPS) is 13.2. The molecular formula is C6H14ClNO. The largest absolute Gasteiger partial charge is 0.394 e. The molecule has 2 nitrogen and oxygen atoms in total. The van der Waals surface area contributed by atoms with Crippen LogP contribution in [0.15, 0.2) is 12.2 Å². The van der Waals surface area contributed by atoms with Crippen molar-refractivity contribution >= 4 is 12.4 Å². The number of halogens is 1. The van der Waals surface area contributed by atoms with Crippen molar-refractivity contribution in [2.45, 2.75) is 19.4 Å². The molecule has 3 N–H and O–H groups in total. The Bertz CT molecular complexity index is 75.5. The summed E-state index contributed by atoms with van der Waals surface area (Å²) in [6.07, 6.45) is 4.73. The summed E-state index contributed by atoms with van der Waals surface area (Å²) in [5.74, 6) is 0. The Morgan fingerprint density at radius 3 is 2.56 bits per heavy atom. The summed E-state index contributed by atoms with van der Waals surface area (Å²) in [7, 11) is 0. The van der Waals surface area contributed by atoms with E-state index in [4.69, 9.17) is 10.8 Å². The molecule has 1 unspecified atom stereocenters. The summed E-state index contributed by atoms with van der Waals surface area (Å²) in [5, 5.41) is 8.39. The van der Waals surface area contributed by atoms with Gasteiger partial charge in [0, 0.05) is 6.04 Å². The van der Waals surface area contributed by atoms with Gasteiger partial charge in [0.25, 0.3) is 0 Å². The number of aliphatic hydroxyl groups excluding tert-OH is 1. The molecule has 9 heavy (non-hydrogen) atoms. The van der Waals surface area contributed by atoms with Crippen molar-refractivity contribution in [1.29, 1.82) is 0 Å². The minimum Gasteiger partial charge on any atom is -0.394 e. The molecule has 0 aromatic carbocycles. The molecule has 0 aromatic heterocycles. The second-order valence-electron chi connectivity index (χ2n) is 1.68. The van der Waals surface area contributed by atoms with E-state index in [2.05, 4.69) is 0 Å². The van der Waals surface area contributed by atoms with Crippen molar-refractivity contribution in [3.8, 4) is 0 Å². The zero-order valence-electron chi connectivity index (χ0n) is 5.58. The fourth-order valence-corrected chi connectivity index (χ4v) is 0.372. The van der Waals surface area contributed by atoms with Gasteiger partial charge in [0.15, 0.2) is 0 Å². The molecule has 0 saturated heterocycles. The first-order valence-corrected chi connectivity index (χ1v) is 2.84. The maximum absolute atomic E-state index is 8.39. The highest BCUT2D eigenvalue weighted by atomic mass is 35.5. The molecule has 0 spiro atoms. The summed E-state index contributed by atoms with van der Waals surface area (Å²) >= 11 is 0. The van der Waals surface area contributed by atoms with Crippen LogP contribution in [-0.4, -0.2) is 17.8 Å². The molecule has 0 saturated carbocycles. The molecule has 56 valence electrons. The van der Waals surface area contributed by atoms with Gasteiger partial charge >= 0.3 is 0 Å². The van der Waals surface area contributed by atoms with Gasteiger partial charge in [-0.05, 0) is 6.42 Å². The van der Waals surface area contributed by atoms with E-state index in [-0.39, 0.29) is 25.1 Å². The molecule has 0 rings (SSSR count). The van der Waals surface area contributed by atoms with E-state index in [1.165, 1.54) is 0 Å². The number of aliphatic hydroxyl groups is 1. The van der Waals surface area contributed by atoms with Gasteiger partial charge in [-0.25, -0.2) is 0 Å². The van der Waals surface area contributed by atoms with E-state index < -0.39 is 0 Å². The molecule has 0 aromatic rings. The Morgan fingerprint density at radius 1 is 1.67 bits per heavy atom. The van der Waals surface area contributed by atoms with Gasteiger partial charge in [-0.1, -0.05) is 19.1 Å². The monoisotopic (exact) mass is 151 g/mol. The van der Waals surface area contributed by atoms with Gasteiger partial charge in [-0.2, -0.15) is 0 Å². The fourth-order valence-electron chi connectivity index (χ4n) is 0.372. The van der Waals surface area contributed by atoms with Crippen LogP contribution < -0.4 is 5.73 Å². The van der Waals surface area contributed by atoms with Gasteiger partial charge in [0.1, 0.15) is 0 Å². The SMILES string of the molecule is CC/C=C\C(N)CO.Cl. The highest BCUT2D eigenvalue weighted by molar-refractivity contribution is 5.85. The van der Waals surface area contributed by atoms with E-state index in [1.54, 1.807) is 6.08 Å². The predicted molar refractivity (Wildman–Crippen MR) is 41.7 cm³/mol. The maximum Gasteiger partial charge on any atom is 0.0618 e. The Morgan fingerprint density at radius 2 is 2.22 bits per heavy atom. The first kappa shape index (κ1) is 11.7. The first-order chi connectivity index (χ1) is 3.81. The van der Waals surface area contributed by atoms with Gasteiger partial charge in [0.05, 0.1) is 6.61 Å². The summed E-state index contributed by atoms with van der Waals surface area (Å²) < 4.78 is 0. The van der Waals surface area contributed by atoms with Crippen molar-refractivity contribution < 1.29 is 5.11 Å². The van der Waals surface area contributed by atoms with Gasteiger partial charge in [-0.15, -0.1) is 12.4 Å². The van der Waals surface area contributed by atoms with Gasteiger partial charge in [-0.3, -0.25) is 0 Å². The zero-order valence-corrected chi connectivity index (χ0v) is 6.40. The minimum absolute atomic E-state index is 0. The van der Waals surface area contributed by atoms with Crippen molar-refractivity contribution in [2.75, 3.05) is 6.61 Å². The molecule has 0 amide bonds. The van der Waals surface area contributed by atoms with Crippen LogP contribution in [0.3, 0.4) is 0 Å². The average molecular weight is 152 g/mol. The molecule has 0 aliphatic carbocycles. The Balaban J connectivity index is 0. The molecule has 0 aliphatic heterocycles. The Kier molecular flexibility index (Phi) is 10.3. The second kappa shape index (κ2) is 7.95. The van der Waals surface area contributed by atoms with Gasteiger partial charge < -0.3 is 10.8 Å². The quantitative estimate of drug-likeness (QED) is 0.584. The third-order valence-electron chi connectivity index (χ3n) is 0.830. The lowest BCUT2D eigenvalue weighted by Crippen LogP contribution is -2.20. The lowest BCUT2D eigenvalue weighted by Gasteiger charge is -1.96. The number of rotatable bonds is 3. The zero-order chi connectivity index (χ0) is 6.41. The summed E-state index contributed by atoms with van der Waals surface area (Å²) in [6, 6.07) is -0.171. The Hall–Kier alpha value is -0.0500. The van der Waals surface area contributed by atoms with Crippen molar-refractivity contribution in [2.24, 2.45) is 5.73 Å². The molecule has 0 aliphatic rings. The van der Waals surface area contributed by atoms with Gasteiger partial charge in [0.2, 0.25) is 0 Å². The lowest BCUT2D eigenvalue weighted by molar-refractivity contribution is 0.284. The number of hydrogen-bond acceptors (Lipinski definition) is 2. The summed E-state index contributed by atoms with van der Waals surface area (Å²) in [4.78, 5) is 0. The van der Waals surface area contributed by atoms with E-state index in [0.717, 1.165) is 6.42 Å². The molecular weight excluding hydrogens is 138 g/mol. The highest BCUT2D eigenvalue weighted by Crippen LogP contribution is 1.82. The molecule has 0 radical (unpaired) electrons. The van der Waals surface area contributed by atoms with E-state index >= 15 is 0 Å². The molecule has 0 heterocycles. The van der Waals surface area contributed by atoms with Crippen molar-refractivity contribution in [3.63, 3.8) is 0 Å². The fraction of sp³-hybridized carbons (Fsp3) is 0.667. The average Bonchev–Trinajstić information content (AvgIpc) is 1.83. The molecule has 0 fully saturated rings. The van der Waals surface area contributed by atoms with Crippen LogP contribution in [0.1, 0.15) is 13.3 Å². The summed E-state index contributed by atoms with van der Waals surface area (Å²) in [5.41, 5.74) is 5.32. The third kappa shape index (κ3) is 7.95. The van der Waals surface area contributed by atoms with Crippen LogP contribution in [0.4, 0.5) is 0 Å². The van der Waals surface area contributed by atoms with Crippen LogP contribution in [-0.2, 0) is 0 Å². The predicted octanol–water partition coefficient (Wildman–Crippen LogP) is 0.694. The minimum atomic E-state index is -0.171. The van der Waals surface area contributed by atoms with Crippen LogP contribution in [0, 0.1) is 0 Å². The maximum atomic E-state index is 8.39. The van der Waals surface area contributed by atoms with E-state index in [0.29, 0.717) is 0 Å². The van der Waals surface area contributed by atoms with Crippen LogP contribution in [0.5, 0.6) is 0 Å². The van der Waals surface area contributed by atoms with Crippen LogP contribution in [0.2, 0.25) is 0 Å². The topological polar surface area (TPSA) is 46.2 Å². The first-order valence-electron chi connectivity index (χ1n) is 2.84. The smallest absolute Gasteiger partial charge is 0.0618 e. The summed E-state index contributed by atoms with van der Waals surface area (Å²) in [6.45, 7) is 2.07. The molecule has 3 heteroatoms. The lowest BCUT2D eigenvalue weighted by atomic mass is 10.3.